The van der Waals surface area contributed by atoms with Crippen LogP contribution in [0.3, 0.4) is 0 Å². The molecule has 31 heavy (non-hydrogen) atoms. The lowest BCUT2D eigenvalue weighted by molar-refractivity contribution is -0.121. The molecule has 3 rings (SSSR count). The molecule has 1 aliphatic heterocycles. The van der Waals surface area contributed by atoms with Gasteiger partial charge in [0, 0.05) is 25.3 Å². The quantitative estimate of drug-likeness (QED) is 0.523. The number of carbonyl (C=O) groups is 2. The number of morpholine rings is 1. The maximum Gasteiger partial charge on any atom is 0.455 e. The van der Waals surface area contributed by atoms with Crippen molar-refractivity contribution in [3.8, 4) is 0 Å². The second-order valence-electron chi connectivity index (χ2n) is 8.88. The molecule has 1 aliphatic carbocycles. The molecule has 1 aromatic rings. The van der Waals surface area contributed by atoms with Gasteiger partial charge in [0.05, 0.1) is 19.3 Å². The molecule has 1 heterocycles. The summed E-state index contributed by atoms with van der Waals surface area (Å²) in [4.78, 5) is 27.7. The number of carbonyl (C=O) groups excluding carboxylic acids is 2. The van der Waals surface area contributed by atoms with E-state index >= 15 is 0 Å². The summed E-state index contributed by atoms with van der Waals surface area (Å²) >= 11 is 0. The molecule has 0 aromatic heterocycles. The number of ketones is 1. The van der Waals surface area contributed by atoms with Gasteiger partial charge in [-0.1, -0.05) is 62.4 Å². The van der Waals surface area contributed by atoms with Crippen LogP contribution in [0.2, 0.25) is 5.82 Å². The van der Waals surface area contributed by atoms with Gasteiger partial charge >= 0.3 is 13.1 Å². The zero-order valence-electron chi connectivity index (χ0n) is 18.2. The van der Waals surface area contributed by atoms with E-state index in [2.05, 4.69) is 5.32 Å². The van der Waals surface area contributed by atoms with Crippen molar-refractivity contribution in [1.82, 2.24) is 10.2 Å². The topological polar surface area (TPSA) is 99.1 Å². The number of urea groups is 1. The van der Waals surface area contributed by atoms with Gasteiger partial charge in [0.25, 0.3) is 0 Å². The largest absolute Gasteiger partial charge is 0.455 e. The number of benzene rings is 1. The monoisotopic (exact) mass is 430 g/mol. The lowest BCUT2D eigenvalue weighted by Gasteiger charge is -2.31. The highest BCUT2D eigenvalue weighted by Gasteiger charge is 2.32. The van der Waals surface area contributed by atoms with Crippen LogP contribution in [0.5, 0.6) is 0 Å². The van der Waals surface area contributed by atoms with E-state index in [-0.39, 0.29) is 18.2 Å². The Bertz CT molecular complexity index is 690. The number of amides is 2. The molecule has 2 aliphatic rings. The van der Waals surface area contributed by atoms with Gasteiger partial charge in [0.15, 0.2) is 5.78 Å². The first-order valence-corrected chi connectivity index (χ1v) is 11.6. The van der Waals surface area contributed by atoms with Gasteiger partial charge < -0.3 is 25.0 Å². The van der Waals surface area contributed by atoms with Gasteiger partial charge in [-0.15, -0.1) is 0 Å². The molecule has 2 atom stereocenters. The maximum atomic E-state index is 13.3. The Morgan fingerprint density at radius 1 is 1.10 bits per heavy atom. The van der Waals surface area contributed by atoms with E-state index < -0.39 is 19.0 Å². The van der Waals surface area contributed by atoms with Crippen LogP contribution in [0.25, 0.3) is 0 Å². The molecule has 1 saturated heterocycles. The SMILES string of the molecule is O=C(CC(Cc1ccccc1)B(O)O)C(CC1CCCCC1)NC(=O)N1CCOCC1. The normalized spacial score (nSPS) is 19.5. The van der Waals surface area contributed by atoms with E-state index in [1.165, 1.54) is 6.42 Å². The summed E-state index contributed by atoms with van der Waals surface area (Å²) < 4.78 is 5.32. The highest BCUT2D eigenvalue weighted by Crippen LogP contribution is 2.29. The third-order valence-electron chi connectivity index (χ3n) is 6.50. The third kappa shape index (κ3) is 7.63. The fraction of sp³-hybridized carbons (Fsp3) is 0.652. The molecule has 8 heteroatoms. The Kier molecular flexibility index (Phi) is 9.37. The Morgan fingerprint density at radius 3 is 2.42 bits per heavy atom. The molecule has 3 N–H and O–H groups in total. The third-order valence-corrected chi connectivity index (χ3v) is 6.50. The smallest absolute Gasteiger partial charge is 0.427 e. The molecular weight excluding hydrogens is 395 g/mol. The maximum absolute atomic E-state index is 13.3. The van der Waals surface area contributed by atoms with Crippen LogP contribution in [0.1, 0.15) is 50.5 Å². The minimum atomic E-state index is -1.59. The summed E-state index contributed by atoms with van der Waals surface area (Å²) in [5, 5.41) is 22.8. The summed E-state index contributed by atoms with van der Waals surface area (Å²) in [6, 6.07) is 8.69. The fourth-order valence-corrected chi connectivity index (χ4v) is 4.63. The molecule has 2 amide bonds. The Labute approximate surface area is 185 Å². The molecule has 1 saturated carbocycles. The second-order valence-corrected chi connectivity index (χ2v) is 8.88. The number of nitrogens with zero attached hydrogens (tertiary/aromatic N) is 1. The van der Waals surface area contributed by atoms with Crippen LogP contribution in [-0.2, 0) is 16.0 Å². The van der Waals surface area contributed by atoms with Gasteiger partial charge in [-0.05, 0) is 24.3 Å². The molecule has 1 aromatic carbocycles. The molecule has 7 nitrogen and oxygen atoms in total. The van der Waals surface area contributed by atoms with Crippen molar-refractivity contribution in [2.24, 2.45) is 5.92 Å². The van der Waals surface area contributed by atoms with E-state index in [0.717, 1.165) is 31.2 Å². The standard InChI is InChI=1S/C23H35BN2O5/c27-22(17-20(24(29)30)15-18-7-3-1-4-8-18)21(16-19-9-5-2-6-10-19)25-23(28)26-11-13-31-14-12-26/h1,3-4,7-8,19-21,29-30H,2,5-6,9-17H2,(H,25,28). The molecular formula is C23H35BN2O5. The predicted molar refractivity (Wildman–Crippen MR) is 120 cm³/mol. The van der Waals surface area contributed by atoms with Crippen molar-refractivity contribution in [2.45, 2.75) is 63.2 Å². The van der Waals surface area contributed by atoms with Gasteiger partial charge in [0.2, 0.25) is 0 Å². The molecule has 0 bridgehead atoms. The molecule has 2 unspecified atom stereocenters. The van der Waals surface area contributed by atoms with Crippen molar-refractivity contribution in [1.29, 1.82) is 0 Å². The molecule has 170 valence electrons. The van der Waals surface area contributed by atoms with E-state index in [0.29, 0.717) is 45.1 Å². The first-order valence-electron chi connectivity index (χ1n) is 11.6. The average Bonchev–Trinajstić information content (AvgIpc) is 2.80. The van der Waals surface area contributed by atoms with Crippen LogP contribution in [0.4, 0.5) is 4.79 Å². The Morgan fingerprint density at radius 2 is 1.77 bits per heavy atom. The Hall–Kier alpha value is -1.90. The lowest BCUT2D eigenvalue weighted by Crippen LogP contribution is -2.52. The average molecular weight is 430 g/mol. The summed E-state index contributed by atoms with van der Waals surface area (Å²) in [7, 11) is -1.59. The lowest BCUT2D eigenvalue weighted by atomic mass is 9.66. The van der Waals surface area contributed by atoms with E-state index in [9.17, 15) is 19.6 Å². The van der Waals surface area contributed by atoms with Crippen molar-refractivity contribution in [3.05, 3.63) is 35.9 Å². The summed E-state index contributed by atoms with van der Waals surface area (Å²) in [5.74, 6) is -0.315. The summed E-state index contributed by atoms with van der Waals surface area (Å²) in [5.41, 5.74) is 0.953. The zero-order valence-corrected chi connectivity index (χ0v) is 18.2. The first kappa shape index (κ1) is 23.8. The summed E-state index contributed by atoms with van der Waals surface area (Å²) in [6.07, 6.45) is 6.75. The molecule has 2 fully saturated rings. The predicted octanol–water partition coefficient (Wildman–Crippen LogP) is 2.41. The van der Waals surface area contributed by atoms with Crippen molar-refractivity contribution < 1.29 is 24.4 Å². The van der Waals surface area contributed by atoms with Crippen LogP contribution < -0.4 is 5.32 Å². The zero-order chi connectivity index (χ0) is 22.1. The van der Waals surface area contributed by atoms with Gasteiger partial charge in [-0.3, -0.25) is 4.79 Å². The van der Waals surface area contributed by atoms with E-state index in [1.807, 2.05) is 30.3 Å². The molecule has 0 radical (unpaired) electrons. The van der Waals surface area contributed by atoms with Gasteiger partial charge in [0.1, 0.15) is 0 Å². The van der Waals surface area contributed by atoms with Gasteiger partial charge in [-0.2, -0.15) is 0 Å². The van der Waals surface area contributed by atoms with E-state index in [1.54, 1.807) is 4.90 Å². The first-order chi connectivity index (χ1) is 15.0. The highest BCUT2D eigenvalue weighted by atomic mass is 16.5. The number of hydrogen-bond donors (Lipinski definition) is 3. The number of ether oxygens (including phenoxy) is 1. The minimum Gasteiger partial charge on any atom is -0.427 e. The van der Waals surface area contributed by atoms with Crippen molar-refractivity contribution >= 4 is 18.9 Å². The van der Waals surface area contributed by atoms with Crippen molar-refractivity contribution in [2.75, 3.05) is 26.3 Å². The fourth-order valence-electron chi connectivity index (χ4n) is 4.63. The highest BCUT2D eigenvalue weighted by molar-refractivity contribution is 6.43. The second kappa shape index (κ2) is 12.2. The summed E-state index contributed by atoms with van der Waals surface area (Å²) in [6.45, 7) is 2.04. The van der Waals surface area contributed by atoms with Gasteiger partial charge in [-0.25, -0.2) is 4.79 Å². The van der Waals surface area contributed by atoms with Crippen LogP contribution in [0, 0.1) is 5.92 Å². The van der Waals surface area contributed by atoms with Crippen LogP contribution in [0.15, 0.2) is 30.3 Å². The number of nitrogens with one attached hydrogen (secondary N) is 1. The number of Topliss-reactive ketones (excluding diaryl/α,β-unsaturated/α-hetero) is 1. The van der Waals surface area contributed by atoms with E-state index in [4.69, 9.17) is 4.74 Å². The number of hydrogen-bond acceptors (Lipinski definition) is 5. The minimum absolute atomic E-state index is 0.0212. The Balaban J connectivity index is 1.66. The van der Waals surface area contributed by atoms with Crippen molar-refractivity contribution in [3.63, 3.8) is 0 Å². The number of rotatable bonds is 9. The van der Waals surface area contributed by atoms with Crippen LogP contribution >= 0.6 is 0 Å². The van der Waals surface area contributed by atoms with Crippen LogP contribution in [-0.4, -0.2) is 66.2 Å². The molecule has 0 spiro atoms.